The van der Waals surface area contributed by atoms with E-state index in [-0.39, 0.29) is 0 Å². The van der Waals surface area contributed by atoms with Crippen LogP contribution in [0.5, 0.6) is 0 Å². The minimum atomic E-state index is -1.43. The first-order chi connectivity index (χ1) is 8.41. The molecule has 0 spiro atoms. The molecule has 0 radical (unpaired) electrons. The van der Waals surface area contributed by atoms with Gasteiger partial charge < -0.3 is 15.3 Å². The van der Waals surface area contributed by atoms with Crippen molar-refractivity contribution in [1.29, 1.82) is 0 Å². The molecular weight excluding hydrogens is 232 g/mol. The van der Waals surface area contributed by atoms with Gasteiger partial charge in [0.2, 0.25) is 0 Å². The second-order valence-electron chi connectivity index (χ2n) is 4.24. The van der Waals surface area contributed by atoms with Gasteiger partial charge in [-0.3, -0.25) is 0 Å². The highest BCUT2D eigenvalue weighted by molar-refractivity contribution is 5.87. The molecule has 5 heteroatoms. The van der Waals surface area contributed by atoms with Crippen LogP contribution in [0.2, 0.25) is 0 Å². The fourth-order valence-corrected chi connectivity index (χ4v) is 1.47. The maximum atomic E-state index is 11.8. The molecule has 2 amide bonds. The lowest BCUT2D eigenvalue weighted by molar-refractivity contribution is -0.144. The van der Waals surface area contributed by atoms with E-state index in [1.54, 1.807) is 37.4 Å². The Balaban J connectivity index is 3.03. The second-order valence-corrected chi connectivity index (χ2v) is 4.24. The van der Waals surface area contributed by atoms with Gasteiger partial charge in [-0.15, -0.1) is 0 Å². The van der Waals surface area contributed by atoms with E-state index in [0.29, 0.717) is 12.1 Å². The number of hydrogen-bond donors (Lipinski definition) is 2. The van der Waals surface area contributed by atoms with E-state index in [1.165, 1.54) is 11.8 Å². The third-order valence-corrected chi connectivity index (χ3v) is 2.96. The normalized spacial score (nSPS) is 13.5. The number of amides is 2. The summed E-state index contributed by atoms with van der Waals surface area (Å²) in [5.41, 5.74) is -0.891. The van der Waals surface area contributed by atoms with E-state index in [4.69, 9.17) is 0 Å². The summed E-state index contributed by atoms with van der Waals surface area (Å²) < 4.78 is 0. The van der Waals surface area contributed by atoms with Crippen molar-refractivity contribution in [2.45, 2.75) is 19.4 Å². The van der Waals surface area contributed by atoms with Gasteiger partial charge in [0.25, 0.3) is 0 Å². The van der Waals surface area contributed by atoms with Gasteiger partial charge >= 0.3 is 12.0 Å². The standard InChI is InChI=1S/C13H18N2O3/c1-4-15(3)12(18)14-13(2,11(16)17)10-8-6-5-7-9-10/h5-9H,4H2,1-3H3,(H,14,18)(H,16,17). The predicted molar refractivity (Wildman–Crippen MR) is 68.3 cm³/mol. The van der Waals surface area contributed by atoms with Crippen LogP contribution in [0, 0.1) is 0 Å². The Hall–Kier alpha value is -2.04. The van der Waals surface area contributed by atoms with Crippen LogP contribution in [-0.4, -0.2) is 35.6 Å². The second kappa shape index (κ2) is 5.53. The average molecular weight is 250 g/mol. The fraction of sp³-hybridized carbons (Fsp3) is 0.385. The molecule has 5 nitrogen and oxygen atoms in total. The molecule has 2 N–H and O–H groups in total. The first-order valence-electron chi connectivity index (χ1n) is 5.74. The lowest BCUT2D eigenvalue weighted by Crippen LogP contribution is -2.53. The molecule has 0 bridgehead atoms. The summed E-state index contributed by atoms with van der Waals surface area (Å²) in [4.78, 5) is 24.7. The zero-order valence-corrected chi connectivity index (χ0v) is 10.8. The quantitative estimate of drug-likeness (QED) is 0.853. The Labute approximate surface area is 106 Å². The largest absolute Gasteiger partial charge is 0.479 e. The molecule has 1 atom stereocenters. The Morgan fingerprint density at radius 1 is 1.33 bits per heavy atom. The van der Waals surface area contributed by atoms with Gasteiger partial charge in [0, 0.05) is 13.6 Å². The highest BCUT2D eigenvalue weighted by Crippen LogP contribution is 2.21. The van der Waals surface area contributed by atoms with Crippen molar-refractivity contribution < 1.29 is 14.7 Å². The van der Waals surface area contributed by atoms with Gasteiger partial charge in [0.15, 0.2) is 5.54 Å². The van der Waals surface area contributed by atoms with Crippen LogP contribution in [0.3, 0.4) is 0 Å². The summed E-state index contributed by atoms with van der Waals surface area (Å²) >= 11 is 0. The van der Waals surface area contributed by atoms with Crippen LogP contribution in [0.1, 0.15) is 19.4 Å². The predicted octanol–water partition coefficient (Wildman–Crippen LogP) is 1.65. The van der Waals surface area contributed by atoms with Gasteiger partial charge in [-0.25, -0.2) is 9.59 Å². The molecule has 0 heterocycles. The van der Waals surface area contributed by atoms with Crippen LogP contribution >= 0.6 is 0 Å². The lowest BCUT2D eigenvalue weighted by atomic mass is 9.92. The number of nitrogens with zero attached hydrogens (tertiary/aromatic N) is 1. The topological polar surface area (TPSA) is 69.6 Å². The molecule has 1 aromatic carbocycles. The summed E-state index contributed by atoms with van der Waals surface area (Å²) in [7, 11) is 1.61. The number of benzene rings is 1. The van der Waals surface area contributed by atoms with Gasteiger partial charge in [-0.2, -0.15) is 0 Å². The highest BCUT2D eigenvalue weighted by Gasteiger charge is 2.37. The van der Waals surface area contributed by atoms with E-state index >= 15 is 0 Å². The number of urea groups is 1. The van der Waals surface area contributed by atoms with Gasteiger partial charge in [0.05, 0.1) is 0 Å². The smallest absolute Gasteiger partial charge is 0.333 e. The number of nitrogens with one attached hydrogen (secondary N) is 1. The third kappa shape index (κ3) is 2.80. The number of carbonyl (C=O) groups is 2. The Morgan fingerprint density at radius 2 is 1.89 bits per heavy atom. The number of carboxylic acid groups (broad SMARTS) is 1. The van der Waals surface area contributed by atoms with Crippen molar-refractivity contribution >= 4 is 12.0 Å². The molecule has 0 aliphatic carbocycles. The van der Waals surface area contributed by atoms with Crippen LogP contribution in [0.4, 0.5) is 4.79 Å². The number of carbonyl (C=O) groups excluding carboxylic acids is 1. The molecule has 18 heavy (non-hydrogen) atoms. The monoisotopic (exact) mass is 250 g/mol. The molecule has 0 saturated carbocycles. The van der Waals surface area contributed by atoms with Crippen molar-refractivity contribution in [2.75, 3.05) is 13.6 Å². The van der Waals surface area contributed by atoms with Crippen LogP contribution in [-0.2, 0) is 10.3 Å². The highest BCUT2D eigenvalue weighted by atomic mass is 16.4. The third-order valence-electron chi connectivity index (χ3n) is 2.96. The van der Waals surface area contributed by atoms with Gasteiger partial charge in [-0.1, -0.05) is 30.3 Å². The number of carboxylic acids is 1. The maximum absolute atomic E-state index is 11.8. The number of hydrogen-bond acceptors (Lipinski definition) is 2. The zero-order valence-electron chi connectivity index (χ0n) is 10.8. The molecule has 1 aromatic rings. The molecule has 98 valence electrons. The first-order valence-corrected chi connectivity index (χ1v) is 5.74. The summed E-state index contributed by atoms with van der Waals surface area (Å²) in [6, 6.07) is 8.23. The van der Waals surface area contributed by atoms with Crippen molar-refractivity contribution in [1.82, 2.24) is 10.2 Å². The Kier molecular flexibility index (Phi) is 4.31. The Bertz CT molecular complexity index is 433. The average Bonchev–Trinajstić information content (AvgIpc) is 2.38. The molecule has 0 aliphatic heterocycles. The number of rotatable bonds is 4. The lowest BCUT2D eigenvalue weighted by Gasteiger charge is -2.29. The van der Waals surface area contributed by atoms with Gasteiger partial charge in [0.1, 0.15) is 0 Å². The summed E-state index contributed by atoms with van der Waals surface area (Å²) in [6.45, 7) is 3.81. The first kappa shape index (κ1) is 14.0. The van der Waals surface area contributed by atoms with Crippen LogP contribution < -0.4 is 5.32 Å². The molecule has 0 fully saturated rings. The minimum absolute atomic E-state index is 0.411. The van der Waals surface area contributed by atoms with Crippen molar-refractivity contribution in [2.24, 2.45) is 0 Å². The molecule has 1 rings (SSSR count). The molecular formula is C13H18N2O3. The maximum Gasteiger partial charge on any atom is 0.333 e. The summed E-state index contributed by atoms with van der Waals surface area (Å²) in [5.74, 6) is -1.09. The van der Waals surface area contributed by atoms with E-state index in [9.17, 15) is 14.7 Å². The molecule has 0 aliphatic rings. The fourth-order valence-electron chi connectivity index (χ4n) is 1.47. The van der Waals surface area contributed by atoms with E-state index in [2.05, 4.69) is 5.32 Å². The number of aliphatic carboxylic acids is 1. The van der Waals surface area contributed by atoms with E-state index in [0.717, 1.165) is 0 Å². The van der Waals surface area contributed by atoms with Crippen LogP contribution in [0.15, 0.2) is 30.3 Å². The SMILES string of the molecule is CCN(C)C(=O)NC(C)(C(=O)O)c1ccccc1. The van der Waals surface area contributed by atoms with E-state index in [1.807, 2.05) is 6.92 Å². The minimum Gasteiger partial charge on any atom is -0.479 e. The molecule has 0 saturated heterocycles. The van der Waals surface area contributed by atoms with Crippen molar-refractivity contribution in [3.63, 3.8) is 0 Å². The summed E-state index contributed by atoms with van der Waals surface area (Å²) in [6.07, 6.45) is 0. The molecule has 1 unspecified atom stereocenters. The van der Waals surface area contributed by atoms with E-state index < -0.39 is 17.5 Å². The van der Waals surface area contributed by atoms with Crippen LogP contribution in [0.25, 0.3) is 0 Å². The Morgan fingerprint density at radius 3 is 2.33 bits per heavy atom. The van der Waals surface area contributed by atoms with Gasteiger partial charge in [-0.05, 0) is 19.4 Å². The van der Waals surface area contributed by atoms with Crippen molar-refractivity contribution in [3.05, 3.63) is 35.9 Å². The molecule has 0 aromatic heterocycles. The zero-order chi connectivity index (χ0) is 13.8. The van der Waals surface area contributed by atoms with Crippen molar-refractivity contribution in [3.8, 4) is 0 Å². The summed E-state index contributed by atoms with van der Waals surface area (Å²) in [5, 5.41) is 11.9.